The number of ether oxygens (including phenoxy) is 1. The highest BCUT2D eigenvalue weighted by molar-refractivity contribution is 7.89. The molecule has 2 heterocycles. The molecule has 1 amide bonds. The van der Waals surface area contributed by atoms with Gasteiger partial charge in [0.15, 0.2) is 5.03 Å². The second-order valence-electron chi connectivity index (χ2n) is 7.13. The summed E-state index contributed by atoms with van der Waals surface area (Å²) >= 11 is 0. The number of sulfonamides is 2. The van der Waals surface area contributed by atoms with Gasteiger partial charge in [0.25, 0.3) is 15.9 Å². The Morgan fingerprint density at radius 1 is 1.06 bits per heavy atom. The van der Waals surface area contributed by atoms with Gasteiger partial charge >= 0.3 is 0 Å². The molecular weight excluding hydrogens is 446 g/mol. The van der Waals surface area contributed by atoms with E-state index in [2.05, 4.69) is 4.98 Å². The fourth-order valence-electron chi connectivity index (χ4n) is 3.32. The highest BCUT2D eigenvalue weighted by Gasteiger charge is 2.33. The molecule has 0 unspecified atom stereocenters. The van der Waals surface area contributed by atoms with Crippen LogP contribution in [0.5, 0.6) is 5.75 Å². The lowest BCUT2D eigenvalue weighted by molar-refractivity contribution is 0.0997. The van der Waals surface area contributed by atoms with Crippen molar-refractivity contribution < 1.29 is 26.4 Å². The van der Waals surface area contributed by atoms with Crippen LogP contribution >= 0.6 is 0 Å². The summed E-state index contributed by atoms with van der Waals surface area (Å²) in [6.07, 6.45) is 1.75. The third-order valence-corrected chi connectivity index (χ3v) is 8.84. The van der Waals surface area contributed by atoms with Crippen molar-refractivity contribution in [3.8, 4) is 5.75 Å². The number of amides is 1. The van der Waals surface area contributed by atoms with Crippen LogP contribution in [-0.4, -0.2) is 74.2 Å². The molecule has 2 aromatic rings. The van der Waals surface area contributed by atoms with E-state index >= 15 is 0 Å². The van der Waals surface area contributed by atoms with Crippen LogP contribution in [0.25, 0.3) is 0 Å². The average Bonchev–Trinajstić information content (AvgIpc) is 2.93. The number of carbonyl (C=O) groups excluding carboxylic acids is 1. The maximum absolute atomic E-state index is 13.1. The zero-order valence-electron chi connectivity index (χ0n) is 17.5. The lowest BCUT2D eigenvalue weighted by Gasteiger charge is -2.21. The van der Waals surface area contributed by atoms with Crippen molar-refractivity contribution in [2.45, 2.75) is 23.3 Å². The SMILES string of the molecule is COc1ccc(S(=O)(=O)N2CCCN(S(=O)(=O)c3cn(C)c(C)n3)CC2)cc1C(N)=O. The van der Waals surface area contributed by atoms with Gasteiger partial charge in [-0.05, 0) is 31.5 Å². The number of aryl methyl sites for hydroxylation is 2. The monoisotopic (exact) mass is 471 g/mol. The lowest BCUT2D eigenvalue weighted by Crippen LogP contribution is -2.37. The van der Waals surface area contributed by atoms with E-state index in [9.17, 15) is 21.6 Å². The number of carbonyl (C=O) groups is 1. The Balaban J connectivity index is 1.84. The summed E-state index contributed by atoms with van der Waals surface area (Å²) in [5, 5.41) is -0.0648. The number of aromatic nitrogens is 2. The van der Waals surface area contributed by atoms with Crippen LogP contribution < -0.4 is 10.5 Å². The number of hydrogen-bond acceptors (Lipinski definition) is 7. The number of imidazole rings is 1. The van der Waals surface area contributed by atoms with E-state index < -0.39 is 26.0 Å². The van der Waals surface area contributed by atoms with Gasteiger partial charge in [-0.2, -0.15) is 8.61 Å². The summed E-state index contributed by atoms with van der Waals surface area (Å²) in [5.41, 5.74) is 5.28. The third-order valence-electron chi connectivity index (χ3n) is 5.18. The van der Waals surface area contributed by atoms with Gasteiger partial charge in [0.05, 0.1) is 17.6 Å². The van der Waals surface area contributed by atoms with E-state index in [1.807, 2.05) is 0 Å². The number of nitrogens with two attached hydrogens (primary N) is 1. The van der Waals surface area contributed by atoms with Crippen molar-refractivity contribution in [1.82, 2.24) is 18.2 Å². The molecule has 3 rings (SSSR count). The van der Waals surface area contributed by atoms with Crippen molar-refractivity contribution >= 4 is 26.0 Å². The molecule has 0 radical (unpaired) electrons. The molecule has 1 aliphatic rings. The molecule has 13 heteroatoms. The van der Waals surface area contributed by atoms with Gasteiger partial charge in [0, 0.05) is 39.4 Å². The van der Waals surface area contributed by atoms with Gasteiger partial charge in [0.2, 0.25) is 10.0 Å². The molecule has 1 aromatic carbocycles. The highest BCUT2D eigenvalue weighted by Crippen LogP contribution is 2.26. The number of benzene rings is 1. The second kappa shape index (κ2) is 8.57. The number of nitrogens with zero attached hydrogens (tertiary/aromatic N) is 4. The second-order valence-corrected chi connectivity index (χ2v) is 10.9. The first-order valence-corrected chi connectivity index (χ1v) is 12.3. The van der Waals surface area contributed by atoms with Gasteiger partial charge in [-0.1, -0.05) is 0 Å². The summed E-state index contributed by atoms with van der Waals surface area (Å²) < 4.78 is 61.3. The first kappa shape index (κ1) is 23.2. The van der Waals surface area contributed by atoms with Gasteiger partial charge in [-0.15, -0.1) is 0 Å². The quantitative estimate of drug-likeness (QED) is 0.620. The summed E-state index contributed by atoms with van der Waals surface area (Å²) in [6, 6.07) is 3.87. The summed E-state index contributed by atoms with van der Waals surface area (Å²) in [5.74, 6) is -0.0831. The molecule has 31 heavy (non-hydrogen) atoms. The zero-order valence-corrected chi connectivity index (χ0v) is 19.1. The van der Waals surface area contributed by atoms with Crippen LogP contribution in [0.15, 0.2) is 34.3 Å². The fourth-order valence-corrected chi connectivity index (χ4v) is 6.31. The predicted molar refractivity (Wildman–Crippen MR) is 112 cm³/mol. The number of methoxy groups -OCH3 is 1. The van der Waals surface area contributed by atoms with Crippen molar-refractivity contribution in [3.63, 3.8) is 0 Å². The van der Waals surface area contributed by atoms with Crippen molar-refractivity contribution in [1.29, 1.82) is 0 Å². The van der Waals surface area contributed by atoms with E-state index in [4.69, 9.17) is 10.5 Å². The number of hydrogen-bond donors (Lipinski definition) is 1. The number of primary amides is 1. The molecule has 170 valence electrons. The van der Waals surface area contributed by atoms with E-state index in [0.29, 0.717) is 12.2 Å². The summed E-state index contributed by atoms with van der Waals surface area (Å²) in [4.78, 5) is 15.6. The normalized spacial score (nSPS) is 16.7. The highest BCUT2D eigenvalue weighted by atomic mass is 32.2. The lowest BCUT2D eigenvalue weighted by atomic mass is 10.2. The van der Waals surface area contributed by atoms with Crippen molar-refractivity contribution in [3.05, 3.63) is 35.8 Å². The Morgan fingerprint density at radius 3 is 2.19 bits per heavy atom. The third kappa shape index (κ3) is 4.44. The Hall–Kier alpha value is -2.48. The predicted octanol–water partition coefficient (Wildman–Crippen LogP) is -0.0787. The topological polar surface area (TPSA) is 145 Å². The largest absolute Gasteiger partial charge is 0.496 e. The smallest absolute Gasteiger partial charge is 0.262 e. The molecule has 0 bridgehead atoms. The average molecular weight is 472 g/mol. The summed E-state index contributed by atoms with van der Waals surface area (Å²) in [6.45, 7) is 1.94. The zero-order chi connectivity index (χ0) is 23.0. The van der Waals surface area contributed by atoms with Gasteiger partial charge in [-0.25, -0.2) is 21.8 Å². The first-order valence-electron chi connectivity index (χ1n) is 9.46. The molecule has 1 fully saturated rings. The molecule has 0 atom stereocenters. The molecular formula is C18H25N5O6S2. The fraction of sp³-hybridized carbons (Fsp3) is 0.444. The Morgan fingerprint density at radius 2 is 1.68 bits per heavy atom. The first-order chi connectivity index (χ1) is 14.5. The van der Waals surface area contributed by atoms with Crippen LogP contribution in [0, 0.1) is 6.92 Å². The minimum absolute atomic E-state index is 0.0178. The molecule has 0 spiro atoms. The molecule has 1 aliphatic heterocycles. The standard InChI is InChI=1S/C18H25N5O6S2/c1-13-20-17(12-21(13)2)31(27,28)23-8-4-7-22(9-10-23)30(25,26)14-5-6-16(29-3)15(11-14)18(19)24/h5-6,11-12H,4,7-10H2,1-3H3,(H2,19,24). The Bertz CT molecular complexity index is 1190. The number of rotatable bonds is 6. The Kier molecular flexibility index (Phi) is 6.41. The Labute approximate surface area is 181 Å². The van der Waals surface area contributed by atoms with E-state index in [0.717, 1.165) is 0 Å². The molecule has 1 saturated heterocycles. The van der Waals surface area contributed by atoms with Gasteiger partial charge < -0.3 is 15.0 Å². The van der Waals surface area contributed by atoms with Crippen LogP contribution in [-0.2, 0) is 27.1 Å². The van der Waals surface area contributed by atoms with Crippen LogP contribution in [0.2, 0.25) is 0 Å². The molecule has 0 saturated carbocycles. The molecule has 2 N–H and O–H groups in total. The van der Waals surface area contributed by atoms with Crippen molar-refractivity contribution in [2.24, 2.45) is 12.8 Å². The van der Waals surface area contributed by atoms with E-state index in [1.165, 1.54) is 40.1 Å². The van der Waals surface area contributed by atoms with E-state index in [-0.39, 0.29) is 47.4 Å². The van der Waals surface area contributed by atoms with Gasteiger partial charge in [-0.3, -0.25) is 4.79 Å². The van der Waals surface area contributed by atoms with Crippen LogP contribution in [0.1, 0.15) is 22.6 Å². The maximum atomic E-state index is 13.1. The van der Waals surface area contributed by atoms with E-state index in [1.54, 1.807) is 18.5 Å². The minimum atomic E-state index is -3.97. The van der Waals surface area contributed by atoms with Crippen LogP contribution in [0.4, 0.5) is 0 Å². The summed E-state index contributed by atoms with van der Waals surface area (Å²) in [7, 11) is -4.77. The van der Waals surface area contributed by atoms with Crippen molar-refractivity contribution in [2.75, 3.05) is 33.3 Å². The molecule has 0 aliphatic carbocycles. The molecule has 1 aromatic heterocycles. The molecule has 11 nitrogen and oxygen atoms in total. The minimum Gasteiger partial charge on any atom is -0.496 e. The maximum Gasteiger partial charge on any atom is 0.262 e. The van der Waals surface area contributed by atoms with Crippen LogP contribution in [0.3, 0.4) is 0 Å². The van der Waals surface area contributed by atoms with Gasteiger partial charge in [0.1, 0.15) is 11.6 Å².